The molecule has 1 saturated heterocycles. The number of benzene rings is 1. The largest absolute Gasteiger partial charge is 0.339 e. The van der Waals surface area contributed by atoms with Crippen molar-refractivity contribution >= 4 is 11.8 Å². The fourth-order valence-corrected chi connectivity index (χ4v) is 2.88. The normalized spacial score (nSPS) is 15.4. The second-order valence-corrected chi connectivity index (χ2v) is 6.10. The van der Waals surface area contributed by atoms with Crippen LogP contribution in [-0.4, -0.2) is 72.3 Å². The Hall–Kier alpha value is -1.95. The topological polar surface area (TPSA) is 43.9 Å². The van der Waals surface area contributed by atoms with Crippen molar-refractivity contribution in [1.29, 1.82) is 0 Å². The van der Waals surface area contributed by atoms with Crippen LogP contribution in [0, 0.1) is 5.82 Å². The van der Waals surface area contributed by atoms with E-state index in [4.69, 9.17) is 0 Å². The fraction of sp³-hybridized carbons (Fsp3) is 0.556. The molecule has 0 aliphatic carbocycles. The Morgan fingerprint density at radius 3 is 2.42 bits per heavy atom. The third kappa shape index (κ3) is 5.03. The monoisotopic (exact) mass is 335 g/mol. The van der Waals surface area contributed by atoms with E-state index >= 15 is 0 Å². The highest BCUT2D eigenvalue weighted by atomic mass is 19.1. The summed E-state index contributed by atoms with van der Waals surface area (Å²) in [5.41, 5.74) is 0.563. The Kier molecular flexibility index (Phi) is 6.73. The number of hydrogen-bond donors (Lipinski definition) is 0. The van der Waals surface area contributed by atoms with Crippen LogP contribution in [0.3, 0.4) is 0 Å². The molecule has 24 heavy (non-hydrogen) atoms. The molecule has 1 aromatic rings. The molecule has 2 amide bonds. The summed E-state index contributed by atoms with van der Waals surface area (Å²) < 4.78 is 13.7. The molecule has 0 unspecified atom stereocenters. The van der Waals surface area contributed by atoms with Gasteiger partial charge < -0.3 is 14.7 Å². The van der Waals surface area contributed by atoms with E-state index in [1.54, 1.807) is 18.2 Å². The van der Waals surface area contributed by atoms with Crippen molar-refractivity contribution in [3.63, 3.8) is 0 Å². The van der Waals surface area contributed by atoms with E-state index in [9.17, 15) is 14.0 Å². The molecule has 0 aromatic heterocycles. The molecule has 0 N–H and O–H groups in total. The molecule has 5 nitrogen and oxygen atoms in total. The molecule has 6 heteroatoms. The molecular formula is C18H26FN3O2. The zero-order valence-electron chi connectivity index (χ0n) is 14.5. The Morgan fingerprint density at radius 2 is 1.83 bits per heavy atom. The zero-order chi connectivity index (χ0) is 17.5. The molecule has 1 aromatic carbocycles. The minimum absolute atomic E-state index is 0.0329. The second kappa shape index (κ2) is 8.78. The highest BCUT2D eigenvalue weighted by Crippen LogP contribution is 2.09. The molecule has 132 valence electrons. The first-order valence-corrected chi connectivity index (χ1v) is 8.50. The van der Waals surface area contributed by atoms with Crippen LogP contribution >= 0.6 is 0 Å². The highest BCUT2D eigenvalue weighted by molar-refractivity contribution is 5.84. The summed E-state index contributed by atoms with van der Waals surface area (Å²) in [5, 5.41) is 0. The zero-order valence-corrected chi connectivity index (χ0v) is 14.5. The summed E-state index contributed by atoms with van der Waals surface area (Å²) in [7, 11) is 0. The molecule has 2 rings (SSSR count). The number of carbonyl (C=O) groups excluding carboxylic acids is 2. The molecule has 1 aliphatic rings. The first kappa shape index (κ1) is 18.4. The molecule has 0 radical (unpaired) electrons. The Morgan fingerprint density at radius 1 is 1.17 bits per heavy atom. The van der Waals surface area contributed by atoms with Crippen molar-refractivity contribution in [3.05, 3.63) is 35.6 Å². The van der Waals surface area contributed by atoms with Crippen LogP contribution in [0.1, 0.15) is 19.4 Å². The van der Waals surface area contributed by atoms with Crippen LogP contribution in [0.25, 0.3) is 0 Å². The second-order valence-electron chi connectivity index (χ2n) is 6.10. The third-order valence-corrected chi connectivity index (χ3v) is 4.55. The standard InChI is InChI=1S/C18H26FN3O2/c1-3-20-10-12-21(13-11-20)18(24)14-22(15(2)23)9-8-16-6-4-5-7-17(16)19/h4-7H,3,8-14H2,1-2H3. The fourth-order valence-electron chi connectivity index (χ4n) is 2.88. The predicted molar refractivity (Wildman–Crippen MR) is 91.1 cm³/mol. The van der Waals surface area contributed by atoms with Gasteiger partial charge in [0.05, 0.1) is 6.54 Å². The lowest BCUT2D eigenvalue weighted by Crippen LogP contribution is -2.51. The van der Waals surface area contributed by atoms with Crippen LogP contribution in [0.2, 0.25) is 0 Å². The van der Waals surface area contributed by atoms with Crippen LogP contribution in [0.5, 0.6) is 0 Å². The number of halogens is 1. The third-order valence-electron chi connectivity index (χ3n) is 4.55. The van der Waals surface area contributed by atoms with Gasteiger partial charge in [0.1, 0.15) is 5.82 Å². The van der Waals surface area contributed by atoms with Gasteiger partial charge in [-0.15, -0.1) is 0 Å². The Bertz CT molecular complexity index is 571. The summed E-state index contributed by atoms with van der Waals surface area (Å²) in [6, 6.07) is 6.53. The minimum atomic E-state index is -0.275. The number of piperazine rings is 1. The van der Waals surface area contributed by atoms with Crippen molar-refractivity contribution < 1.29 is 14.0 Å². The lowest BCUT2D eigenvalue weighted by molar-refractivity contribution is -0.140. The predicted octanol–water partition coefficient (Wildman–Crippen LogP) is 1.38. The SMILES string of the molecule is CCN1CCN(C(=O)CN(CCc2ccccc2F)C(C)=O)CC1. The van der Waals surface area contributed by atoms with Crippen molar-refractivity contribution in [2.75, 3.05) is 45.8 Å². The molecule has 0 saturated carbocycles. The average molecular weight is 335 g/mol. The number of carbonyl (C=O) groups is 2. The minimum Gasteiger partial charge on any atom is -0.339 e. The van der Waals surface area contributed by atoms with Crippen LogP contribution in [0.4, 0.5) is 4.39 Å². The smallest absolute Gasteiger partial charge is 0.242 e. The molecule has 0 spiro atoms. The van der Waals surface area contributed by atoms with Gasteiger partial charge in [0, 0.05) is 39.6 Å². The van der Waals surface area contributed by atoms with E-state index in [1.807, 2.05) is 4.90 Å². The Balaban J connectivity index is 1.88. The maximum atomic E-state index is 13.7. The first-order valence-electron chi connectivity index (χ1n) is 8.50. The first-order chi connectivity index (χ1) is 11.5. The van der Waals surface area contributed by atoms with Crippen molar-refractivity contribution in [2.24, 2.45) is 0 Å². The summed E-state index contributed by atoms with van der Waals surface area (Å²) in [6.07, 6.45) is 0.406. The van der Waals surface area contributed by atoms with E-state index in [1.165, 1.54) is 17.9 Å². The van der Waals surface area contributed by atoms with Crippen LogP contribution in [0.15, 0.2) is 24.3 Å². The summed E-state index contributed by atoms with van der Waals surface area (Å²) >= 11 is 0. The lowest BCUT2D eigenvalue weighted by Gasteiger charge is -2.35. The van der Waals surface area contributed by atoms with Crippen LogP contribution in [-0.2, 0) is 16.0 Å². The number of hydrogen-bond acceptors (Lipinski definition) is 3. The molecular weight excluding hydrogens is 309 g/mol. The number of rotatable bonds is 6. The van der Waals surface area contributed by atoms with E-state index in [0.29, 0.717) is 31.6 Å². The molecule has 0 bridgehead atoms. The summed E-state index contributed by atoms with van der Waals surface area (Å²) in [6.45, 7) is 8.10. The van der Waals surface area contributed by atoms with Crippen molar-refractivity contribution in [2.45, 2.75) is 20.3 Å². The molecule has 1 aliphatic heterocycles. The summed E-state index contributed by atoms with van der Waals surface area (Å²) in [4.78, 5) is 29.9. The van der Waals surface area contributed by atoms with E-state index < -0.39 is 0 Å². The number of likely N-dealkylation sites (N-methyl/N-ethyl adjacent to an activating group) is 1. The van der Waals surface area contributed by atoms with Gasteiger partial charge in [-0.3, -0.25) is 9.59 Å². The molecule has 1 heterocycles. The van der Waals surface area contributed by atoms with Gasteiger partial charge in [0.15, 0.2) is 0 Å². The molecule has 1 fully saturated rings. The van der Waals surface area contributed by atoms with Crippen molar-refractivity contribution in [3.8, 4) is 0 Å². The average Bonchev–Trinajstić information content (AvgIpc) is 2.59. The highest BCUT2D eigenvalue weighted by Gasteiger charge is 2.23. The maximum Gasteiger partial charge on any atom is 0.242 e. The quantitative estimate of drug-likeness (QED) is 0.789. The summed E-state index contributed by atoms with van der Waals surface area (Å²) in [5.74, 6) is -0.468. The van der Waals surface area contributed by atoms with E-state index in [0.717, 1.165) is 19.6 Å². The Labute approximate surface area is 143 Å². The number of nitrogens with zero attached hydrogens (tertiary/aromatic N) is 3. The van der Waals surface area contributed by atoms with Gasteiger partial charge in [-0.25, -0.2) is 4.39 Å². The van der Waals surface area contributed by atoms with E-state index in [-0.39, 0.29) is 24.2 Å². The van der Waals surface area contributed by atoms with Crippen LogP contribution < -0.4 is 0 Å². The van der Waals surface area contributed by atoms with E-state index in [2.05, 4.69) is 11.8 Å². The van der Waals surface area contributed by atoms with Gasteiger partial charge in [0.25, 0.3) is 0 Å². The van der Waals surface area contributed by atoms with Gasteiger partial charge in [-0.05, 0) is 24.6 Å². The lowest BCUT2D eigenvalue weighted by atomic mass is 10.1. The van der Waals surface area contributed by atoms with Gasteiger partial charge in [-0.1, -0.05) is 25.1 Å². The van der Waals surface area contributed by atoms with Gasteiger partial charge in [-0.2, -0.15) is 0 Å². The number of amides is 2. The molecule has 0 atom stereocenters. The van der Waals surface area contributed by atoms with Crippen molar-refractivity contribution in [1.82, 2.24) is 14.7 Å². The van der Waals surface area contributed by atoms with Gasteiger partial charge >= 0.3 is 0 Å². The van der Waals surface area contributed by atoms with Gasteiger partial charge in [0.2, 0.25) is 11.8 Å². The maximum absolute atomic E-state index is 13.7.